The smallest absolute Gasteiger partial charge is 0.407 e. The van der Waals surface area contributed by atoms with Crippen molar-refractivity contribution in [3.63, 3.8) is 0 Å². The summed E-state index contributed by atoms with van der Waals surface area (Å²) in [5.41, 5.74) is -0.430. The van der Waals surface area contributed by atoms with Gasteiger partial charge in [-0.15, -0.1) is 6.58 Å². The predicted octanol–water partition coefficient (Wildman–Crippen LogP) is 2.99. The molecule has 1 fully saturated rings. The van der Waals surface area contributed by atoms with E-state index in [1.54, 1.807) is 0 Å². The third kappa shape index (κ3) is 7.21. The molecule has 1 aliphatic rings. The average Bonchev–Trinajstić information content (AvgIpc) is 2.27. The van der Waals surface area contributed by atoms with E-state index >= 15 is 0 Å². The highest BCUT2D eigenvalue weighted by atomic mass is 16.6. The lowest BCUT2D eigenvalue weighted by Crippen LogP contribution is -2.45. The molecule has 0 bridgehead atoms. The first kappa shape index (κ1) is 16.0. The lowest BCUT2D eigenvalue weighted by molar-refractivity contribution is 0.0489. The molecule has 110 valence electrons. The fraction of sp³-hybridized carbons (Fsp3) is 0.800. The summed E-state index contributed by atoms with van der Waals surface area (Å²) in [6.07, 6.45) is 6.96. The van der Waals surface area contributed by atoms with Crippen LogP contribution < -0.4 is 10.6 Å². The molecular weight excluding hydrogens is 240 g/mol. The van der Waals surface area contributed by atoms with Crippen molar-refractivity contribution in [1.82, 2.24) is 10.6 Å². The third-order valence-electron chi connectivity index (χ3n) is 3.18. The monoisotopic (exact) mass is 268 g/mol. The van der Waals surface area contributed by atoms with Gasteiger partial charge < -0.3 is 15.4 Å². The summed E-state index contributed by atoms with van der Waals surface area (Å²) in [5, 5.41) is 6.49. The zero-order chi connectivity index (χ0) is 14.3. The molecule has 0 aromatic heterocycles. The van der Waals surface area contributed by atoms with Crippen LogP contribution in [-0.2, 0) is 4.74 Å². The molecule has 0 heterocycles. The number of rotatable bonds is 5. The van der Waals surface area contributed by atoms with Crippen molar-refractivity contribution >= 4 is 6.09 Å². The summed E-state index contributed by atoms with van der Waals surface area (Å²) in [4.78, 5) is 11.7. The molecule has 0 aromatic rings. The van der Waals surface area contributed by atoms with Gasteiger partial charge in [-0.05, 0) is 59.4 Å². The van der Waals surface area contributed by atoms with Gasteiger partial charge in [0.15, 0.2) is 0 Å². The largest absolute Gasteiger partial charge is 0.444 e. The van der Waals surface area contributed by atoms with Gasteiger partial charge in [0.2, 0.25) is 0 Å². The number of hydrogen-bond acceptors (Lipinski definition) is 3. The Morgan fingerprint density at radius 1 is 1.37 bits per heavy atom. The molecule has 1 aliphatic carbocycles. The highest BCUT2D eigenvalue weighted by molar-refractivity contribution is 5.68. The second-order valence-electron chi connectivity index (χ2n) is 6.24. The lowest BCUT2D eigenvalue weighted by atomic mass is 9.91. The maximum absolute atomic E-state index is 11.7. The Morgan fingerprint density at radius 2 is 2.05 bits per heavy atom. The van der Waals surface area contributed by atoms with Gasteiger partial charge in [-0.25, -0.2) is 4.79 Å². The topological polar surface area (TPSA) is 50.4 Å². The van der Waals surface area contributed by atoms with Crippen molar-refractivity contribution in [2.75, 3.05) is 6.54 Å². The summed E-state index contributed by atoms with van der Waals surface area (Å²) in [7, 11) is 0. The zero-order valence-electron chi connectivity index (χ0n) is 12.5. The van der Waals surface area contributed by atoms with Gasteiger partial charge in [-0.3, -0.25) is 0 Å². The van der Waals surface area contributed by atoms with Crippen LogP contribution in [0.4, 0.5) is 4.79 Å². The normalized spacial score (nSPS) is 23.7. The first-order chi connectivity index (χ1) is 8.90. The molecule has 1 saturated carbocycles. The molecule has 1 rings (SSSR count). The summed E-state index contributed by atoms with van der Waals surface area (Å²) in [6.45, 7) is 10.3. The molecule has 2 N–H and O–H groups in total. The van der Waals surface area contributed by atoms with Crippen LogP contribution in [0.25, 0.3) is 0 Å². The standard InChI is InChI=1S/C15H28N2O2/c1-5-6-10-16-12-8-7-9-13(11-12)17-14(18)19-15(2,3)4/h5,12-13,16H,1,6-11H2,2-4H3,(H,17,18). The zero-order valence-corrected chi connectivity index (χ0v) is 12.5. The summed E-state index contributed by atoms with van der Waals surface area (Å²) >= 11 is 0. The minimum Gasteiger partial charge on any atom is -0.444 e. The quantitative estimate of drug-likeness (QED) is 0.595. The van der Waals surface area contributed by atoms with E-state index in [-0.39, 0.29) is 12.1 Å². The molecule has 0 aliphatic heterocycles. The highest BCUT2D eigenvalue weighted by Crippen LogP contribution is 2.19. The molecule has 1 amide bonds. The van der Waals surface area contributed by atoms with E-state index < -0.39 is 5.60 Å². The summed E-state index contributed by atoms with van der Waals surface area (Å²) in [5.74, 6) is 0. The van der Waals surface area contributed by atoms with Crippen molar-refractivity contribution in [3.8, 4) is 0 Å². The van der Waals surface area contributed by atoms with E-state index in [2.05, 4.69) is 17.2 Å². The van der Waals surface area contributed by atoms with Crippen LogP contribution in [0.3, 0.4) is 0 Å². The second kappa shape index (κ2) is 7.53. The van der Waals surface area contributed by atoms with Crippen LogP contribution in [0.15, 0.2) is 12.7 Å². The van der Waals surface area contributed by atoms with Crippen LogP contribution in [0.2, 0.25) is 0 Å². The van der Waals surface area contributed by atoms with E-state index in [0.717, 1.165) is 32.2 Å². The van der Waals surface area contributed by atoms with Gasteiger partial charge in [-0.1, -0.05) is 6.08 Å². The molecule has 2 atom stereocenters. The van der Waals surface area contributed by atoms with Crippen molar-refractivity contribution in [3.05, 3.63) is 12.7 Å². The van der Waals surface area contributed by atoms with Crippen LogP contribution in [0.1, 0.15) is 52.9 Å². The fourth-order valence-corrected chi connectivity index (χ4v) is 2.37. The molecule has 0 saturated heterocycles. The minimum absolute atomic E-state index is 0.227. The van der Waals surface area contributed by atoms with E-state index in [4.69, 9.17) is 4.74 Å². The maximum atomic E-state index is 11.7. The van der Waals surface area contributed by atoms with Gasteiger partial charge in [0.05, 0.1) is 0 Å². The molecular formula is C15H28N2O2. The second-order valence-corrected chi connectivity index (χ2v) is 6.24. The Labute approximate surface area is 117 Å². The summed E-state index contributed by atoms with van der Waals surface area (Å²) in [6, 6.07) is 0.721. The third-order valence-corrected chi connectivity index (χ3v) is 3.18. The van der Waals surface area contributed by atoms with Gasteiger partial charge in [-0.2, -0.15) is 0 Å². The number of carbonyl (C=O) groups excluding carboxylic acids is 1. The number of alkyl carbamates (subject to hydrolysis) is 1. The van der Waals surface area contributed by atoms with Crippen LogP contribution in [-0.4, -0.2) is 30.3 Å². The SMILES string of the molecule is C=CCCNC1CCCC(NC(=O)OC(C)(C)C)C1. The molecule has 4 nitrogen and oxygen atoms in total. The van der Waals surface area contributed by atoms with E-state index in [1.165, 1.54) is 6.42 Å². The van der Waals surface area contributed by atoms with E-state index in [1.807, 2.05) is 26.8 Å². The predicted molar refractivity (Wildman–Crippen MR) is 78.2 cm³/mol. The Bertz CT molecular complexity index is 297. The van der Waals surface area contributed by atoms with E-state index in [9.17, 15) is 4.79 Å². The molecule has 4 heteroatoms. The first-order valence-corrected chi connectivity index (χ1v) is 7.24. The van der Waals surface area contributed by atoms with Gasteiger partial charge in [0, 0.05) is 12.1 Å². The molecule has 19 heavy (non-hydrogen) atoms. The number of hydrogen-bond donors (Lipinski definition) is 2. The summed E-state index contributed by atoms with van der Waals surface area (Å²) < 4.78 is 5.29. The molecule has 0 aromatic carbocycles. The van der Waals surface area contributed by atoms with Crippen LogP contribution in [0.5, 0.6) is 0 Å². The fourth-order valence-electron chi connectivity index (χ4n) is 2.37. The van der Waals surface area contributed by atoms with Gasteiger partial charge in [0.1, 0.15) is 5.60 Å². The molecule has 0 radical (unpaired) electrons. The molecule has 0 spiro atoms. The Kier molecular flexibility index (Phi) is 6.35. The Hall–Kier alpha value is -1.03. The number of ether oxygens (including phenoxy) is 1. The minimum atomic E-state index is -0.430. The van der Waals surface area contributed by atoms with Crippen molar-refractivity contribution < 1.29 is 9.53 Å². The Balaban J connectivity index is 2.30. The number of carbonyl (C=O) groups is 1. The van der Waals surface area contributed by atoms with Crippen molar-refractivity contribution in [2.24, 2.45) is 0 Å². The van der Waals surface area contributed by atoms with Crippen molar-refractivity contribution in [2.45, 2.75) is 70.6 Å². The average molecular weight is 268 g/mol. The van der Waals surface area contributed by atoms with Crippen LogP contribution >= 0.6 is 0 Å². The van der Waals surface area contributed by atoms with Crippen LogP contribution in [0, 0.1) is 0 Å². The van der Waals surface area contributed by atoms with Crippen molar-refractivity contribution in [1.29, 1.82) is 0 Å². The lowest BCUT2D eigenvalue weighted by Gasteiger charge is -2.31. The molecule has 2 unspecified atom stereocenters. The first-order valence-electron chi connectivity index (χ1n) is 7.24. The van der Waals surface area contributed by atoms with Gasteiger partial charge in [0.25, 0.3) is 0 Å². The Morgan fingerprint density at radius 3 is 2.68 bits per heavy atom. The number of amides is 1. The van der Waals surface area contributed by atoms with Gasteiger partial charge >= 0.3 is 6.09 Å². The highest BCUT2D eigenvalue weighted by Gasteiger charge is 2.24. The van der Waals surface area contributed by atoms with E-state index in [0.29, 0.717) is 6.04 Å². The maximum Gasteiger partial charge on any atom is 0.407 e. The number of nitrogens with one attached hydrogen (secondary N) is 2.